The minimum absolute atomic E-state index is 0.156. The third-order valence-corrected chi connectivity index (χ3v) is 10.9. The topological polar surface area (TPSA) is 65.0 Å². The van der Waals surface area contributed by atoms with E-state index in [2.05, 4.69) is 98.8 Å². The Hall–Kier alpha value is -6.85. The van der Waals surface area contributed by atoms with Crippen molar-refractivity contribution in [3.05, 3.63) is 163 Å². The van der Waals surface area contributed by atoms with Crippen LogP contribution in [0.5, 0.6) is 0 Å². The molecule has 5 nitrogen and oxygen atoms in total. The van der Waals surface area contributed by atoms with Crippen LogP contribution in [0, 0.1) is 0 Å². The number of nitrogens with zero attached hydrogens (tertiary/aromatic N) is 3. The first kappa shape index (κ1) is 29.8. The molecular formula is C48H31N3O2. The molecule has 0 saturated heterocycles. The molecule has 1 aliphatic rings. The van der Waals surface area contributed by atoms with E-state index in [0.717, 1.165) is 71.7 Å². The van der Waals surface area contributed by atoms with Crippen molar-refractivity contribution in [2.45, 2.75) is 19.3 Å². The standard InChI is InChI=1S/C48H31N3O2/c1-48(2)37-24-22-30(27-36(37)43-38(48)25-23-33-32-16-6-8-19-39(32)53-44(33)43)29-14-10-15-31(26-29)46-49-45(28-12-4-3-5-13-28)50-47(51-46)35-18-11-21-41-42(35)34-17-7-9-20-40(34)52-41/h3-27H,1-2H3. The second-order valence-electron chi connectivity index (χ2n) is 14.4. The molecule has 0 aliphatic heterocycles. The Bertz CT molecular complexity index is 3100. The summed E-state index contributed by atoms with van der Waals surface area (Å²) in [6, 6.07) is 52.4. The van der Waals surface area contributed by atoms with Gasteiger partial charge in [-0.25, -0.2) is 15.0 Å². The maximum absolute atomic E-state index is 6.58. The van der Waals surface area contributed by atoms with E-state index in [-0.39, 0.29) is 5.41 Å². The maximum atomic E-state index is 6.58. The maximum Gasteiger partial charge on any atom is 0.164 e. The van der Waals surface area contributed by atoms with Gasteiger partial charge in [-0.3, -0.25) is 0 Å². The second kappa shape index (κ2) is 11.1. The summed E-state index contributed by atoms with van der Waals surface area (Å²) in [6.07, 6.45) is 0. The largest absolute Gasteiger partial charge is 0.456 e. The van der Waals surface area contributed by atoms with Crippen LogP contribution in [0.2, 0.25) is 0 Å². The number of hydrogen-bond donors (Lipinski definition) is 0. The van der Waals surface area contributed by atoms with Gasteiger partial charge in [0.05, 0.1) is 0 Å². The van der Waals surface area contributed by atoms with Gasteiger partial charge >= 0.3 is 0 Å². The first-order valence-corrected chi connectivity index (χ1v) is 17.9. The molecule has 0 unspecified atom stereocenters. The van der Waals surface area contributed by atoms with Gasteiger partial charge in [0.25, 0.3) is 0 Å². The molecule has 3 heterocycles. The van der Waals surface area contributed by atoms with Gasteiger partial charge in [-0.1, -0.05) is 135 Å². The summed E-state index contributed by atoms with van der Waals surface area (Å²) in [5, 5.41) is 4.32. The molecule has 0 bridgehead atoms. The van der Waals surface area contributed by atoms with Crippen molar-refractivity contribution in [3.8, 4) is 56.4 Å². The van der Waals surface area contributed by atoms with Gasteiger partial charge in [0, 0.05) is 49.2 Å². The van der Waals surface area contributed by atoms with Crippen molar-refractivity contribution in [2.24, 2.45) is 0 Å². The number of benzene rings is 7. The van der Waals surface area contributed by atoms with E-state index in [4.69, 9.17) is 23.8 Å². The van der Waals surface area contributed by atoms with Crippen LogP contribution in [-0.4, -0.2) is 15.0 Å². The van der Waals surface area contributed by atoms with Crippen LogP contribution in [0.3, 0.4) is 0 Å². The van der Waals surface area contributed by atoms with Gasteiger partial charge in [-0.2, -0.15) is 0 Å². The van der Waals surface area contributed by atoms with Crippen LogP contribution >= 0.6 is 0 Å². The Morgan fingerprint density at radius 3 is 1.89 bits per heavy atom. The van der Waals surface area contributed by atoms with E-state index in [1.54, 1.807) is 0 Å². The van der Waals surface area contributed by atoms with Crippen molar-refractivity contribution >= 4 is 43.9 Å². The number of fused-ring (bicyclic) bond motifs is 10. The summed E-state index contributed by atoms with van der Waals surface area (Å²) in [5.74, 6) is 1.83. The highest BCUT2D eigenvalue weighted by Crippen LogP contribution is 2.53. The molecule has 1 aliphatic carbocycles. The Morgan fingerprint density at radius 2 is 1.04 bits per heavy atom. The second-order valence-corrected chi connectivity index (χ2v) is 14.4. The van der Waals surface area contributed by atoms with Gasteiger partial charge in [0.15, 0.2) is 17.5 Å². The zero-order valence-electron chi connectivity index (χ0n) is 29.1. The van der Waals surface area contributed by atoms with Gasteiger partial charge in [-0.05, 0) is 58.1 Å². The molecule has 7 aromatic carbocycles. The number of rotatable bonds is 4. The fraction of sp³-hybridized carbons (Fsp3) is 0.0625. The van der Waals surface area contributed by atoms with Crippen molar-refractivity contribution in [2.75, 3.05) is 0 Å². The Balaban J connectivity index is 1.08. The molecule has 0 radical (unpaired) electrons. The number of furan rings is 2. The van der Waals surface area contributed by atoms with Gasteiger partial charge < -0.3 is 8.83 Å². The van der Waals surface area contributed by atoms with Gasteiger partial charge in [0.2, 0.25) is 0 Å². The fourth-order valence-corrected chi connectivity index (χ4v) is 8.34. The predicted molar refractivity (Wildman–Crippen MR) is 214 cm³/mol. The monoisotopic (exact) mass is 681 g/mol. The molecule has 0 saturated carbocycles. The number of hydrogen-bond acceptors (Lipinski definition) is 5. The van der Waals surface area contributed by atoms with Gasteiger partial charge in [0.1, 0.15) is 22.3 Å². The Morgan fingerprint density at radius 1 is 0.415 bits per heavy atom. The van der Waals surface area contributed by atoms with E-state index in [1.165, 1.54) is 22.3 Å². The summed E-state index contributed by atoms with van der Waals surface area (Å²) in [7, 11) is 0. The quantitative estimate of drug-likeness (QED) is 0.185. The lowest BCUT2D eigenvalue weighted by Crippen LogP contribution is -2.14. The Kier molecular flexibility index (Phi) is 6.23. The highest BCUT2D eigenvalue weighted by Gasteiger charge is 2.38. The van der Waals surface area contributed by atoms with E-state index >= 15 is 0 Å². The molecule has 250 valence electrons. The third kappa shape index (κ3) is 4.47. The Labute approximate surface area is 305 Å². The summed E-state index contributed by atoms with van der Waals surface area (Å²) in [6.45, 7) is 4.62. The van der Waals surface area contributed by atoms with Crippen LogP contribution in [0.15, 0.2) is 160 Å². The molecule has 0 amide bonds. The minimum atomic E-state index is -0.156. The zero-order valence-corrected chi connectivity index (χ0v) is 29.1. The first-order chi connectivity index (χ1) is 26.0. The molecule has 0 N–H and O–H groups in total. The number of aromatic nitrogens is 3. The summed E-state index contributed by atoms with van der Waals surface area (Å²) < 4.78 is 12.8. The molecule has 53 heavy (non-hydrogen) atoms. The lowest BCUT2D eigenvalue weighted by molar-refractivity contribution is 0.653. The summed E-state index contributed by atoms with van der Waals surface area (Å²) in [4.78, 5) is 15.3. The van der Waals surface area contributed by atoms with Crippen molar-refractivity contribution < 1.29 is 8.83 Å². The molecule has 5 heteroatoms. The van der Waals surface area contributed by atoms with E-state index < -0.39 is 0 Å². The predicted octanol–water partition coefficient (Wildman–Crippen LogP) is 12.6. The van der Waals surface area contributed by atoms with Crippen LogP contribution in [0.1, 0.15) is 25.0 Å². The summed E-state index contributed by atoms with van der Waals surface area (Å²) >= 11 is 0. The smallest absolute Gasteiger partial charge is 0.164 e. The van der Waals surface area contributed by atoms with Crippen LogP contribution in [0.4, 0.5) is 0 Å². The fourth-order valence-electron chi connectivity index (χ4n) is 8.34. The molecule has 3 aromatic heterocycles. The zero-order chi connectivity index (χ0) is 35.3. The molecule has 0 fully saturated rings. The average molecular weight is 682 g/mol. The lowest BCUT2D eigenvalue weighted by Gasteiger charge is -2.21. The normalized spacial score (nSPS) is 13.2. The SMILES string of the molecule is CC1(C)c2ccc(-c3cccc(-c4nc(-c5ccccc5)nc(-c5cccc6oc7ccccc7c56)n4)c3)cc2-c2c1ccc1c2oc2ccccc21. The van der Waals surface area contributed by atoms with Crippen molar-refractivity contribution in [1.29, 1.82) is 0 Å². The van der Waals surface area contributed by atoms with Crippen LogP contribution < -0.4 is 0 Å². The van der Waals surface area contributed by atoms with Crippen LogP contribution in [-0.2, 0) is 5.41 Å². The average Bonchev–Trinajstić information content (AvgIpc) is 3.85. The molecular weight excluding hydrogens is 651 g/mol. The molecule has 10 aromatic rings. The van der Waals surface area contributed by atoms with E-state index in [1.807, 2.05) is 66.7 Å². The van der Waals surface area contributed by atoms with E-state index in [9.17, 15) is 0 Å². The van der Waals surface area contributed by atoms with Crippen molar-refractivity contribution in [1.82, 2.24) is 15.0 Å². The molecule has 0 atom stereocenters. The van der Waals surface area contributed by atoms with Crippen molar-refractivity contribution in [3.63, 3.8) is 0 Å². The van der Waals surface area contributed by atoms with Crippen LogP contribution in [0.25, 0.3) is 100 Å². The highest BCUT2D eigenvalue weighted by molar-refractivity contribution is 6.13. The third-order valence-electron chi connectivity index (χ3n) is 10.9. The first-order valence-electron chi connectivity index (χ1n) is 17.9. The molecule has 11 rings (SSSR count). The minimum Gasteiger partial charge on any atom is -0.456 e. The lowest BCUT2D eigenvalue weighted by atomic mass is 9.82. The van der Waals surface area contributed by atoms with E-state index in [0.29, 0.717) is 17.5 Å². The number of para-hydroxylation sites is 2. The van der Waals surface area contributed by atoms with Gasteiger partial charge in [-0.15, -0.1) is 0 Å². The summed E-state index contributed by atoms with van der Waals surface area (Å²) in [5.41, 5.74) is 13.3. The molecule has 0 spiro atoms. The highest BCUT2D eigenvalue weighted by atomic mass is 16.3.